The minimum atomic E-state index is 0. The topological polar surface area (TPSA) is 0 Å². The van der Waals surface area contributed by atoms with Crippen LogP contribution in [0.25, 0.3) is 22.3 Å². The maximum atomic E-state index is 2.12. The van der Waals surface area contributed by atoms with Gasteiger partial charge in [0.25, 0.3) is 0 Å². The van der Waals surface area contributed by atoms with Crippen molar-refractivity contribution in [1.29, 1.82) is 0 Å². The first kappa shape index (κ1) is 22.2. The van der Waals surface area contributed by atoms with Crippen molar-refractivity contribution in [1.82, 2.24) is 0 Å². The smallest absolute Gasteiger partial charge is 1.00 e. The fourth-order valence-electron chi connectivity index (χ4n) is 2.52. The molecule has 0 spiro atoms. The molecule has 2 heteroatoms. The molecule has 0 fully saturated rings. The predicted octanol–water partition coefficient (Wildman–Crippen LogP) is 3.71. The van der Waals surface area contributed by atoms with Crippen LogP contribution in [0.4, 0.5) is 0 Å². The molecule has 0 atom stereocenters. The van der Waals surface area contributed by atoms with E-state index in [1.54, 1.807) is 0 Å². The van der Waals surface area contributed by atoms with Crippen molar-refractivity contribution in [3.05, 3.63) is 121 Å². The number of halogens is 1. The van der Waals surface area contributed by atoms with Crippen LogP contribution in [0.5, 0.6) is 0 Å². The van der Waals surface area contributed by atoms with Gasteiger partial charge < -0.3 is 24.0 Å². The van der Waals surface area contributed by atoms with Crippen LogP contribution >= 0.6 is 0 Å². The van der Waals surface area contributed by atoms with Gasteiger partial charge in [-0.25, -0.2) is 0 Å². The van der Waals surface area contributed by atoms with E-state index in [-0.39, 0.29) is 41.3 Å². The second-order valence-corrected chi connectivity index (χ2v) is 5.46. The molecule has 0 aromatic heterocycles. The van der Waals surface area contributed by atoms with E-state index < -0.39 is 0 Å². The molecule has 0 nitrogen and oxygen atoms in total. The molecule has 0 unspecified atom stereocenters. The van der Waals surface area contributed by atoms with E-state index in [4.69, 9.17) is 0 Å². The molecular weight excluding hydrogens is 467 g/mol. The molecular formula is C24H20CrI. The van der Waals surface area contributed by atoms with Crippen LogP contribution in [-0.2, 0) is 17.4 Å². The molecule has 4 rings (SSSR count). The quantitative estimate of drug-likeness (QED) is 0.379. The summed E-state index contributed by atoms with van der Waals surface area (Å²) in [5, 5.41) is 0. The molecule has 0 bridgehead atoms. The molecule has 4 aromatic rings. The van der Waals surface area contributed by atoms with Gasteiger partial charge in [-0.05, 0) is 22.3 Å². The maximum absolute atomic E-state index is 2.12. The molecule has 0 N–H and O–H groups in total. The third-order valence-corrected chi connectivity index (χ3v) is 3.76. The van der Waals surface area contributed by atoms with Gasteiger partial charge in [-0.2, -0.15) is 0 Å². The van der Waals surface area contributed by atoms with Crippen molar-refractivity contribution >= 4 is 0 Å². The van der Waals surface area contributed by atoms with E-state index in [9.17, 15) is 0 Å². The summed E-state index contributed by atoms with van der Waals surface area (Å²) in [7, 11) is 0. The summed E-state index contributed by atoms with van der Waals surface area (Å²) in [4.78, 5) is 0. The number of hydrogen-bond donors (Lipinski definition) is 0. The number of rotatable bonds is 2. The van der Waals surface area contributed by atoms with Gasteiger partial charge in [-0.3, -0.25) is 0 Å². The molecule has 0 saturated carbocycles. The Labute approximate surface area is 184 Å². The monoisotopic (exact) mass is 487 g/mol. The zero-order chi connectivity index (χ0) is 16.5. The zero-order valence-electron chi connectivity index (χ0n) is 14.3. The Balaban J connectivity index is 0.000000241. The van der Waals surface area contributed by atoms with Crippen molar-refractivity contribution in [3.8, 4) is 22.3 Å². The maximum Gasteiger partial charge on any atom is 1.00 e. The van der Waals surface area contributed by atoms with Crippen LogP contribution in [0.2, 0.25) is 0 Å². The van der Waals surface area contributed by atoms with E-state index in [1.165, 1.54) is 22.3 Å². The Bertz CT molecular complexity index is 682. The van der Waals surface area contributed by atoms with E-state index in [1.807, 2.05) is 24.3 Å². The van der Waals surface area contributed by atoms with Gasteiger partial charge >= 0.3 is 17.4 Å². The van der Waals surface area contributed by atoms with Gasteiger partial charge in [-0.15, -0.1) is 0 Å². The van der Waals surface area contributed by atoms with Crippen molar-refractivity contribution < 1.29 is 41.3 Å². The van der Waals surface area contributed by atoms with E-state index in [0.29, 0.717) is 0 Å². The molecule has 0 aliphatic carbocycles. The predicted molar refractivity (Wildman–Crippen MR) is 104 cm³/mol. The van der Waals surface area contributed by atoms with Crippen LogP contribution in [0.3, 0.4) is 0 Å². The summed E-state index contributed by atoms with van der Waals surface area (Å²) in [5.41, 5.74) is 5.10. The van der Waals surface area contributed by atoms with E-state index in [2.05, 4.69) is 97.1 Å². The van der Waals surface area contributed by atoms with Crippen LogP contribution in [0.15, 0.2) is 121 Å². The van der Waals surface area contributed by atoms with Crippen LogP contribution in [-0.4, -0.2) is 0 Å². The third kappa shape index (κ3) is 6.80. The molecule has 0 amide bonds. The molecule has 26 heavy (non-hydrogen) atoms. The Morgan fingerprint density at radius 1 is 0.269 bits per heavy atom. The summed E-state index contributed by atoms with van der Waals surface area (Å²) in [6, 6.07) is 41.6. The summed E-state index contributed by atoms with van der Waals surface area (Å²) in [6.45, 7) is 0. The Kier molecular flexibility index (Phi) is 10.7. The average Bonchev–Trinajstić information content (AvgIpc) is 2.71. The van der Waals surface area contributed by atoms with Crippen LogP contribution < -0.4 is 24.0 Å². The molecule has 4 aromatic carbocycles. The molecule has 0 heterocycles. The molecule has 0 aliphatic rings. The van der Waals surface area contributed by atoms with Crippen molar-refractivity contribution in [2.75, 3.05) is 0 Å². The SMILES string of the molecule is [Cr+].[I-].c1ccc(-c2ccccc2)cc1.c1ccc(-c2ccccc2)cc1. The standard InChI is InChI=1S/2C12H10.Cr.HI/c2*1-3-7-11(8-4-1)12-9-5-2-6-10-12;;/h2*1-10H;;1H/q;;+1;/p-1. The normalized spacial score (nSPS) is 8.92. The number of benzene rings is 4. The first-order valence-electron chi connectivity index (χ1n) is 8.14. The molecule has 129 valence electrons. The first-order chi connectivity index (χ1) is 11.9. The van der Waals surface area contributed by atoms with Crippen molar-refractivity contribution in [2.24, 2.45) is 0 Å². The fraction of sp³-hybridized carbons (Fsp3) is 0. The van der Waals surface area contributed by atoms with Gasteiger partial charge in [0.2, 0.25) is 0 Å². The van der Waals surface area contributed by atoms with Gasteiger partial charge in [0, 0.05) is 0 Å². The molecule has 0 saturated heterocycles. The third-order valence-electron chi connectivity index (χ3n) is 3.76. The van der Waals surface area contributed by atoms with Gasteiger partial charge in [0.05, 0.1) is 0 Å². The Hall–Kier alpha value is -1.86. The van der Waals surface area contributed by atoms with Crippen LogP contribution in [0, 0.1) is 0 Å². The first-order valence-corrected chi connectivity index (χ1v) is 8.14. The van der Waals surface area contributed by atoms with Crippen LogP contribution in [0.1, 0.15) is 0 Å². The average molecular weight is 487 g/mol. The summed E-state index contributed by atoms with van der Waals surface area (Å²) < 4.78 is 0. The Morgan fingerprint density at radius 2 is 0.423 bits per heavy atom. The molecule has 1 radical (unpaired) electrons. The second kappa shape index (κ2) is 12.5. The summed E-state index contributed by atoms with van der Waals surface area (Å²) in [5.74, 6) is 0. The van der Waals surface area contributed by atoms with Gasteiger partial charge in [-0.1, -0.05) is 121 Å². The second-order valence-electron chi connectivity index (χ2n) is 5.46. The molecule has 0 aliphatic heterocycles. The van der Waals surface area contributed by atoms with Gasteiger partial charge in [0.1, 0.15) is 0 Å². The number of hydrogen-bond acceptors (Lipinski definition) is 0. The van der Waals surface area contributed by atoms with E-state index >= 15 is 0 Å². The largest absolute Gasteiger partial charge is 1.00 e. The van der Waals surface area contributed by atoms with Crippen molar-refractivity contribution in [2.45, 2.75) is 0 Å². The Morgan fingerprint density at radius 3 is 0.577 bits per heavy atom. The van der Waals surface area contributed by atoms with Gasteiger partial charge in [0.15, 0.2) is 0 Å². The van der Waals surface area contributed by atoms with E-state index in [0.717, 1.165) is 0 Å². The minimum absolute atomic E-state index is 0. The minimum Gasteiger partial charge on any atom is -1.00 e. The summed E-state index contributed by atoms with van der Waals surface area (Å²) in [6.07, 6.45) is 0. The van der Waals surface area contributed by atoms with Crippen molar-refractivity contribution in [3.63, 3.8) is 0 Å². The fourth-order valence-corrected chi connectivity index (χ4v) is 2.52. The summed E-state index contributed by atoms with van der Waals surface area (Å²) >= 11 is 0. The zero-order valence-corrected chi connectivity index (χ0v) is 17.8.